The maximum atomic E-state index is 15.7. The number of aromatic nitrogens is 1. The Bertz CT molecular complexity index is 1290. The number of halogens is 2. The van der Waals surface area contributed by atoms with Crippen molar-refractivity contribution < 1.29 is 26.4 Å². The third-order valence-electron chi connectivity index (χ3n) is 7.50. The van der Waals surface area contributed by atoms with Crippen LogP contribution in [0.25, 0.3) is 0 Å². The smallest absolute Gasteiger partial charge is 0.221 e. The average molecular weight is 548 g/mol. The highest BCUT2D eigenvalue weighted by Crippen LogP contribution is 2.37. The van der Waals surface area contributed by atoms with Gasteiger partial charge in [0, 0.05) is 36.9 Å². The lowest BCUT2D eigenvalue weighted by molar-refractivity contribution is 0.0332. The van der Waals surface area contributed by atoms with Gasteiger partial charge in [-0.25, -0.2) is 22.2 Å². The number of hydrogen-bond acceptors (Lipinski definition) is 6. The Labute approximate surface area is 223 Å². The van der Waals surface area contributed by atoms with E-state index in [4.69, 9.17) is 9.15 Å². The molecule has 0 spiro atoms. The summed E-state index contributed by atoms with van der Waals surface area (Å²) in [4.78, 5) is 4.10. The molecule has 206 valence electrons. The molecule has 2 saturated heterocycles. The Morgan fingerprint density at radius 2 is 2.03 bits per heavy atom. The van der Waals surface area contributed by atoms with Gasteiger partial charge >= 0.3 is 0 Å². The summed E-state index contributed by atoms with van der Waals surface area (Å²) < 4.78 is 70.6. The molecular formula is C28H35F2N3O4S. The van der Waals surface area contributed by atoms with Crippen molar-refractivity contribution in [2.24, 2.45) is 0 Å². The molecule has 0 aliphatic carbocycles. The van der Waals surface area contributed by atoms with Crippen molar-refractivity contribution in [3.05, 3.63) is 89.7 Å². The zero-order valence-corrected chi connectivity index (χ0v) is 22.6. The van der Waals surface area contributed by atoms with Crippen molar-refractivity contribution in [3.63, 3.8) is 0 Å². The van der Waals surface area contributed by atoms with E-state index in [1.807, 2.05) is 13.0 Å². The topological polar surface area (TPSA) is 84.7 Å². The van der Waals surface area contributed by atoms with Gasteiger partial charge in [-0.15, -0.1) is 0 Å². The zero-order chi connectivity index (χ0) is 27.3. The lowest BCUT2D eigenvalue weighted by atomic mass is 9.81. The van der Waals surface area contributed by atoms with E-state index in [1.165, 1.54) is 22.8 Å². The van der Waals surface area contributed by atoms with Gasteiger partial charge in [-0.2, -0.15) is 4.31 Å². The highest BCUT2D eigenvalue weighted by atomic mass is 32.2. The normalized spacial score (nSPS) is 24.1. The first-order chi connectivity index (χ1) is 18.2. The van der Waals surface area contributed by atoms with Gasteiger partial charge in [0.15, 0.2) is 0 Å². The molecule has 0 bridgehead atoms. The summed E-state index contributed by atoms with van der Waals surface area (Å²) in [6.07, 6.45) is 11.7. The van der Waals surface area contributed by atoms with Crippen LogP contribution in [-0.4, -0.2) is 42.2 Å². The first-order valence-corrected chi connectivity index (χ1v) is 14.4. The molecule has 2 atom stereocenters. The number of hydrogen-bond donors (Lipinski definition) is 1. The van der Waals surface area contributed by atoms with Gasteiger partial charge in [-0.1, -0.05) is 30.9 Å². The number of rotatable bonds is 9. The van der Waals surface area contributed by atoms with Crippen LogP contribution in [0.15, 0.2) is 65.5 Å². The molecule has 2 aliphatic rings. The predicted octanol–water partition coefficient (Wildman–Crippen LogP) is 5.12. The fourth-order valence-corrected chi connectivity index (χ4v) is 7.49. The first kappa shape index (κ1) is 28.4. The van der Waals surface area contributed by atoms with Crippen molar-refractivity contribution in [3.8, 4) is 0 Å². The molecule has 3 heterocycles. The minimum absolute atomic E-state index is 0.00479. The Balaban J connectivity index is 1.63. The molecule has 1 aromatic carbocycles. The quantitative estimate of drug-likeness (QED) is 0.439. The summed E-state index contributed by atoms with van der Waals surface area (Å²) >= 11 is 0. The van der Waals surface area contributed by atoms with E-state index in [9.17, 15) is 8.42 Å². The van der Waals surface area contributed by atoms with Crippen LogP contribution in [0, 0.1) is 11.6 Å². The van der Waals surface area contributed by atoms with Gasteiger partial charge in [-0.05, 0) is 57.2 Å². The maximum absolute atomic E-state index is 15.7. The highest BCUT2D eigenvalue weighted by molar-refractivity contribution is 7.90. The van der Waals surface area contributed by atoms with Crippen LogP contribution in [0.2, 0.25) is 0 Å². The lowest BCUT2D eigenvalue weighted by Gasteiger charge is -2.39. The van der Waals surface area contributed by atoms with Crippen LogP contribution in [0.5, 0.6) is 0 Å². The van der Waals surface area contributed by atoms with Crippen molar-refractivity contribution in [2.45, 2.75) is 69.5 Å². The Morgan fingerprint density at radius 1 is 1.26 bits per heavy atom. The Kier molecular flexibility index (Phi) is 8.97. The summed E-state index contributed by atoms with van der Waals surface area (Å²) in [6, 6.07) is 1.97. The second-order valence-corrected chi connectivity index (χ2v) is 11.9. The molecule has 1 N–H and O–H groups in total. The number of sulfonamides is 1. The van der Waals surface area contributed by atoms with E-state index in [0.29, 0.717) is 50.4 Å². The van der Waals surface area contributed by atoms with Crippen LogP contribution in [-0.2, 0) is 33.4 Å². The molecular weight excluding hydrogens is 512 g/mol. The third-order valence-corrected chi connectivity index (χ3v) is 9.87. The number of allylic oxidation sites excluding steroid dienone is 4. The number of benzene rings is 1. The van der Waals surface area contributed by atoms with Gasteiger partial charge in [0.1, 0.15) is 23.1 Å². The number of oxazole rings is 1. The summed E-state index contributed by atoms with van der Waals surface area (Å²) in [5, 5.41) is 2.53. The molecule has 0 unspecified atom stereocenters. The summed E-state index contributed by atoms with van der Waals surface area (Å²) in [5.41, 5.74) is -0.109. The third kappa shape index (κ3) is 5.83. The summed E-state index contributed by atoms with van der Waals surface area (Å²) in [5.74, 6) is -0.806. The van der Waals surface area contributed by atoms with Gasteiger partial charge < -0.3 is 9.15 Å². The molecule has 2 aliphatic heterocycles. The van der Waals surface area contributed by atoms with E-state index in [-0.39, 0.29) is 30.3 Å². The molecule has 0 radical (unpaired) electrons. The van der Waals surface area contributed by atoms with Crippen LogP contribution in [0.3, 0.4) is 0 Å². The molecule has 1 aromatic heterocycles. The van der Waals surface area contributed by atoms with Crippen LogP contribution >= 0.6 is 0 Å². The van der Waals surface area contributed by atoms with Crippen molar-refractivity contribution >= 4 is 10.0 Å². The second kappa shape index (κ2) is 12.0. The predicted molar refractivity (Wildman–Crippen MR) is 141 cm³/mol. The molecule has 2 fully saturated rings. The van der Waals surface area contributed by atoms with Crippen molar-refractivity contribution in [1.29, 1.82) is 0 Å². The Morgan fingerprint density at radius 3 is 2.68 bits per heavy atom. The van der Waals surface area contributed by atoms with Gasteiger partial charge in [0.25, 0.3) is 0 Å². The minimum atomic E-state index is -3.83. The molecule has 10 heteroatoms. The molecule has 0 saturated carbocycles. The molecule has 4 rings (SSSR count). The standard InChI is InChI=1S/C28H35F2N3O4S/c1-4-6-7-21(5-2)26-9-8-20(3)33(38(26,34)35)19-22-16-25(30)23(17-24(22)29)28(10-13-36-14-11-28)32-18-27-31-12-15-37-27/h4-7,12,15-17,20,26,32H,2,8-11,13-14,18-19H2,1,3H3/b6-4-,21-7+/t20-,26+/m0/s1. The van der Waals surface area contributed by atoms with E-state index in [1.54, 1.807) is 25.2 Å². The largest absolute Gasteiger partial charge is 0.448 e. The molecule has 38 heavy (non-hydrogen) atoms. The molecule has 7 nitrogen and oxygen atoms in total. The van der Waals surface area contributed by atoms with Gasteiger partial charge in [0.05, 0.1) is 18.3 Å². The van der Waals surface area contributed by atoms with E-state index in [0.717, 1.165) is 6.07 Å². The molecule has 2 aromatic rings. The SMILES string of the molecule is C=C/C(=C\C=C/C)[C@H]1CC[C@H](C)N(Cc2cc(F)c(C3(NCc4ncco4)CCOCC3)cc2F)S1(=O)=O. The van der Waals surface area contributed by atoms with E-state index >= 15 is 8.78 Å². The highest BCUT2D eigenvalue weighted by Gasteiger charge is 2.42. The Hall–Kier alpha value is -2.66. The van der Waals surface area contributed by atoms with Gasteiger partial charge in [0.2, 0.25) is 15.9 Å². The number of nitrogens with zero attached hydrogens (tertiary/aromatic N) is 2. The zero-order valence-electron chi connectivity index (χ0n) is 21.8. The maximum Gasteiger partial charge on any atom is 0.221 e. The second-order valence-electron chi connectivity index (χ2n) is 9.80. The van der Waals surface area contributed by atoms with Crippen molar-refractivity contribution in [2.75, 3.05) is 13.2 Å². The lowest BCUT2D eigenvalue weighted by Crippen LogP contribution is -2.49. The van der Waals surface area contributed by atoms with E-state index < -0.39 is 32.4 Å². The first-order valence-electron chi connectivity index (χ1n) is 12.9. The number of ether oxygens (including phenoxy) is 1. The van der Waals surface area contributed by atoms with Crippen LogP contribution in [0.4, 0.5) is 8.78 Å². The van der Waals surface area contributed by atoms with E-state index in [2.05, 4.69) is 16.9 Å². The fourth-order valence-electron chi connectivity index (χ4n) is 5.29. The van der Waals surface area contributed by atoms with Gasteiger partial charge in [-0.3, -0.25) is 5.32 Å². The summed E-state index contributed by atoms with van der Waals surface area (Å²) in [6.45, 7) is 8.18. The molecule has 0 amide bonds. The van der Waals surface area contributed by atoms with Crippen LogP contribution < -0.4 is 5.32 Å². The fraction of sp³-hybridized carbons (Fsp3) is 0.464. The summed E-state index contributed by atoms with van der Waals surface area (Å²) in [7, 11) is -3.83. The minimum Gasteiger partial charge on any atom is -0.448 e. The monoisotopic (exact) mass is 547 g/mol. The van der Waals surface area contributed by atoms with Crippen LogP contribution in [0.1, 0.15) is 56.5 Å². The van der Waals surface area contributed by atoms with Crippen molar-refractivity contribution in [1.82, 2.24) is 14.6 Å². The average Bonchev–Trinajstić information content (AvgIpc) is 3.43. The number of nitrogens with one attached hydrogen (secondary N) is 1.